The first-order valence-corrected chi connectivity index (χ1v) is 4.63. The number of carboxylic acid groups (broad SMARTS) is 1. The predicted molar refractivity (Wildman–Crippen MR) is 46.8 cm³/mol. The third-order valence-corrected chi connectivity index (χ3v) is 1.96. The molecular formula is C8H9F6NO4. The summed E-state index contributed by atoms with van der Waals surface area (Å²) in [4.78, 5) is 21.4. The number of nitrogens with one attached hydrogen (secondary N) is 1. The molecule has 1 amide bonds. The average Bonchev–Trinajstić information content (AvgIpc) is 2.07. The molecule has 112 valence electrons. The highest BCUT2D eigenvalue weighted by Gasteiger charge is 2.61. The Morgan fingerprint density at radius 3 is 1.63 bits per heavy atom. The monoisotopic (exact) mass is 297 g/mol. The van der Waals surface area contributed by atoms with E-state index in [9.17, 15) is 35.9 Å². The third kappa shape index (κ3) is 4.93. The molecular weight excluding hydrogens is 288 g/mol. The molecule has 0 rings (SSSR count). The summed E-state index contributed by atoms with van der Waals surface area (Å²) < 4.78 is 72.8. The zero-order valence-corrected chi connectivity index (χ0v) is 9.21. The van der Waals surface area contributed by atoms with Gasteiger partial charge in [0.25, 0.3) is 0 Å². The van der Waals surface area contributed by atoms with Crippen molar-refractivity contribution in [2.45, 2.75) is 31.4 Å². The van der Waals surface area contributed by atoms with E-state index in [0.29, 0.717) is 0 Å². The standard InChI is InChI=1S/C8H9F6NO4/c1-2(16)3(6(18)19)15-5(17)4(7(9,10)11)8(12,13)14/h2-4,16H,1H3,(H,15,17)(H,18,19)/t2-,3+/m1/s1. The van der Waals surface area contributed by atoms with Crippen LogP contribution in [0.3, 0.4) is 0 Å². The van der Waals surface area contributed by atoms with Crippen molar-refractivity contribution in [3.05, 3.63) is 0 Å². The van der Waals surface area contributed by atoms with Gasteiger partial charge >= 0.3 is 18.3 Å². The summed E-state index contributed by atoms with van der Waals surface area (Å²) in [5.74, 6) is -8.92. The number of alkyl halides is 6. The molecule has 0 heterocycles. The van der Waals surface area contributed by atoms with E-state index in [1.165, 1.54) is 0 Å². The van der Waals surface area contributed by atoms with Gasteiger partial charge in [-0.15, -0.1) is 0 Å². The van der Waals surface area contributed by atoms with Crippen molar-refractivity contribution in [2.24, 2.45) is 5.92 Å². The molecule has 11 heteroatoms. The summed E-state index contributed by atoms with van der Waals surface area (Å²) >= 11 is 0. The Bertz CT molecular complexity index is 336. The maximum atomic E-state index is 12.1. The number of carboxylic acids is 1. The Labute approximate surface area is 102 Å². The summed E-state index contributed by atoms with van der Waals surface area (Å²) in [7, 11) is 0. The van der Waals surface area contributed by atoms with Crippen LogP contribution in [-0.2, 0) is 9.59 Å². The Hall–Kier alpha value is -1.52. The summed E-state index contributed by atoms with van der Waals surface area (Å²) in [6, 6.07) is -2.28. The topological polar surface area (TPSA) is 86.6 Å². The van der Waals surface area contributed by atoms with Crippen molar-refractivity contribution < 1.29 is 46.1 Å². The number of hydrogen-bond donors (Lipinski definition) is 3. The third-order valence-electron chi connectivity index (χ3n) is 1.96. The van der Waals surface area contributed by atoms with Crippen molar-refractivity contribution in [1.82, 2.24) is 5.32 Å². The SMILES string of the molecule is C[C@@H](O)[C@H](NC(=O)C(C(F)(F)F)C(F)(F)F)C(=O)O. The van der Waals surface area contributed by atoms with Crippen molar-refractivity contribution in [2.75, 3.05) is 0 Å². The minimum absolute atomic E-state index is 0.787. The second-order valence-electron chi connectivity index (χ2n) is 3.58. The van der Waals surface area contributed by atoms with Crippen LogP contribution in [0.15, 0.2) is 0 Å². The van der Waals surface area contributed by atoms with Gasteiger partial charge in [0.05, 0.1) is 6.10 Å². The minimum Gasteiger partial charge on any atom is -0.480 e. The number of halogens is 6. The fourth-order valence-electron chi connectivity index (χ4n) is 1.11. The minimum atomic E-state index is -5.93. The zero-order chi connectivity index (χ0) is 15.6. The molecule has 3 N–H and O–H groups in total. The van der Waals surface area contributed by atoms with E-state index in [1.807, 2.05) is 0 Å². The first-order valence-electron chi connectivity index (χ1n) is 4.63. The molecule has 0 unspecified atom stereocenters. The van der Waals surface area contributed by atoms with E-state index in [1.54, 1.807) is 0 Å². The van der Waals surface area contributed by atoms with Gasteiger partial charge in [-0.1, -0.05) is 0 Å². The fraction of sp³-hybridized carbons (Fsp3) is 0.750. The van der Waals surface area contributed by atoms with Crippen LogP contribution < -0.4 is 5.32 Å². The highest BCUT2D eigenvalue weighted by molar-refractivity contribution is 5.86. The van der Waals surface area contributed by atoms with Gasteiger partial charge < -0.3 is 15.5 Å². The van der Waals surface area contributed by atoms with Crippen molar-refractivity contribution in [1.29, 1.82) is 0 Å². The van der Waals surface area contributed by atoms with Gasteiger partial charge in [-0.05, 0) is 6.92 Å². The lowest BCUT2D eigenvalue weighted by Gasteiger charge is -2.24. The summed E-state index contributed by atoms with van der Waals surface area (Å²) in [6.07, 6.45) is -13.7. The molecule has 0 aromatic heterocycles. The van der Waals surface area contributed by atoms with E-state index in [2.05, 4.69) is 0 Å². The van der Waals surface area contributed by atoms with Crippen LogP contribution >= 0.6 is 0 Å². The molecule has 0 aliphatic heterocycles. The van der Waals surface area contributed by atoms with Crippen molar-refractivity contribution in [3.8, 4) is 0 Å². The lowest BCUT2D eigenvalue weighted by Crippen LogP contribution is -2.55. The van der Waals surface area contributed by atoms with Crippen LogP contribution in [0, 0.1) is 5.92 Å². The number of carbonyl (C=O) groups is 2. The molecule has 0 bridgehead atoms. The van der Waals surface area contributed by atoms with Crippen LogP contribution in [0.25, 0.3) is 0 Å². The second-order valence-corrected chi connectivity index (χ2v) is 3.58. The molecule has 0 saturated carbocycles. The van der Waals surface area contributed by atoms with Gasteiger partial charge in [-0.25, -0.2) is 4.79 Å². The molecule has 5 nitrogen and oxygen atoms in total. The molecule has 0 aromatic carbocycles. The molecule has 0 spiro atoms. The van der Waals surface area contributed by atoms with Crippen LogP contribution in [0.1, 0.15) is 6.92 Å². The number of rotatable bonds is 4. The number of aliphatic hydroxyl groups is 1. The van der Waals surface area contributed by atoms with Crippen LogP contribution in [0.2, 0.25) is 0 Å². The van der Waals surface area contributed by atoms with E-state index in [0.717, 1.165) is 12.2 Å². The Balaban J connectivity index is 5.20. The Morgan fingerprint density at radius 1 is 1.05 bits per heavy atom. The first-order chi connectivity index (χ1) is 8.28. The summed E-state index contributed by atoms with van der Waals surface area (Å²) in [5, 5.41) is 18.3. The second kappa shape index (κ2) is 5.63. The zero-order valence-electron chi connectivity index (χ0n) is 9.21. The highest BCUT2D eigenvalue weighted by Crippen LogP contribution is 2.39. The normalized spacial score (nSPS) is 16.1. The molecule has 2 atom stereocenters. The Kier molecular flexibility index (Phi) is 5.18. The van der Waals surface area contributed by atoms with Gasteiger partial charge in [0.2, 0.25) is 11.8 Å². The van der Waals surface area contributed by atoms with Crippen molar-refractivity contribution in [3.63, 3.8) is 0 Å². The molecule has 0 radical (unpaired) electrons. The average molecular weight is 297 g/mol. The van der Waals surface area contributed by atoms with Gasteiger partial charge in [0.15, 0.2) is 6.04 Å². The number of aliphatic hydroxyl groups excluding tert-OH is 1. The predicted octanol–water partition coefficient (Wildman–Crippen LogP) is 0.677. The lowest BCUT2D eigenvalue weighted by molar-refractivity contribution is -0.274. The molecule has 0 fully saturated rings. The van der Waals surface area contributed by atoms with Gasteiger partial charge in [0.1, 0.15) is 0 Å². The molecule has 0 aromatic rings. The smallest absolute Gasteiger partial charge is 0.409 e. The number of amides is 1. The fourth-order valence-corrected chi connectivity index (χ4v) is 1.11. The van der Waals surface area contributed by atoms with E-state index in [4.69, 9.17) is 10.2 Å². The first kappa shape index (κ1) is 17.5. The summed E-state index contributed by atoms with van der Waals surface area (Å²) in [5.41, 5.74) is 0. The number of hydrogen-bond acceptors (Lipinski definition) is 3. The maximum absolute atomic E-state index is 12.1. The highest BCUT2D eigenvalue weighted by atomic mass is 19.4. The van der Waals surface area contributed by atoms with Crippen molar-refractivity contribution >= 4 is 11.9 Å². The quantitative estimate of drug-likeness (QED) is 0.666. The molecule has 0 saturated heterocycles. The van der Waals surface area contributed by atoms with Crippen LogP contribution in [0.4, 0.5) is 26.3 Å². The van der Waals surface area contributed by atoms with E-state index < -0.39 is 42.3 Å². The molecule has 0 aliphatic carbocycles. The van der Waals surface area contributed by atoms with Gasteiger partial charge in [0, 0.05) is 0 Å². The maximum Gasteiger partial charge on any atom is 0.409 e. The lowest BCUT2D eigenvalue weighted by atomic mass is 10.1. The molecule has 0 aliphatic rings. The van der Waals surface area contributed by atoms with Crippen LogP contribution in [0.5, 0.6) is 0 Å². The number of carbonyl (C=O) groups excluding carboxylic acids is 1. The van der Waals surface area contributed by atoms with Gasteiger partial charge in [-0.2, -0.15) is 26.3 Å². The van der Waals surface area contributed by atoms with E-state index in [-0.39, 0.29) is 0 Å². The molecule has 19 heavy (non-hydrogen) atoms. The van der Waals surface area contributed by atoms with Gasteiger partial charge in [-0.3, -0.25) is 4.79 Å². The number of aliphatic carboxylic acids is 1. The summed E-state index contributed by atoms with van der Waals surface area (Å²) in [6.45, 7) is 0.787. The van der Waals surface area contributed by atoms with Crippen LogP contribution in [-0.4, -0.2) is 46.6 Å². The largest absolute Gasteiger partial charge is 0.480 e. The Morgan fingerprint density at radius 2 is 1.42 bits per heavy atom. The van der Waals surface area contributed by atoms with E-state index >= 15 is 0 Å².